The van der Waals surface area contributed by atoms with Gasteiger partial charge in [0.2, 0.25) is 5.88 Å². The lowest BCUT2D eigenvalue weighted by Crippen LogP contribution is -2.55. The minimum absolute atomic E-state index is 0.483. The number of fused-ring (bicyclic) bond motifs is 3. The van der Waals surface area contributed by atoms with Crippen LogP contribution in [-0.4, -0.2) is 30.2 Å². The fourth-order valence-corrected chi connectivity index (χ4v) is 3.48. The van der Waals surface area contributed by atoms with Gasteiger partial charge in [0.15, 0.2) is 0 Å². The van der Waals surface area contributed by atoms with Crippen molar-refractivity contribution in [1.29, 1.82) is 0 Å². The molecule has 0 saturated carbocycles. The number of nitrogens with zero attached hydrogens (tertiary/aromatic N) is 2. The molecule has 1 aromatic heterocycles. The average molecular weight is 295 g/mol. The first-order valence-corrected chi connectivity index (χ1v) is 7.97. The van der Waals surface area contributed by atoms with Gasteiger partial charge in [-0.25, -0.2) is 0 Å². The van der Waals surface area contributed by atoms with Gasteiger partial charge in [-0.3, -0.25) is 0 Å². The molecule has 0 aliphatic carbocycles. The summed E-state index contributed by atoms with van der Waals surface area (Å²) in [5.74, 6) is 1.83. The van der Waals surface area contributed by atoms with Gasteiger partial charge in [-0.2, -0.15) is 4.98 Å². The van der Waals surface area contributed by atoms with Gasteiger partial charge in [0.05, 0.1) is 0 Å². The predicted octanol–water partition coefficient (Wildman–Crippen LogP) is 2.38. The fourth-order valence-electron chi connectivity index (χ4n) is 3.48. The molecule has 4 heteroatoms. The summed E-state index contributed by atoms with van der Waals surface area (Å²) in [7, 11) is 0. The molecular weight excluding hydrogens is 274 g/mol. The molecule has 0 bridgehead atoms. The van der Waals surface area contributed by atoms with Gasteiger partial charge < -0.3 is 15.0 Å². The van der Waals surface area contributed by atoms with Gasteiger partial charge in [-0.15, -0.1) is 0 Å². The van der Waals surface area contributed by atoms with Crippen LogP contribution in [0.5, 0.6) is 5.88 Å². The highest BCUT2D eigenvalue weighted by Crippen LogP contribution is 2.34. The number of rotatable bonds is 3. The Balaban J connectivity index is 1.53. The quantitative estimate of drug-likeness (QED) is 0.943. The minimum Gasteiger partial charge on any atom is -0.473 e. The molecule has 0 radical (unpaired) electrons. The van der Waals surface area contributed by atoms with E-state index in [0.717, 1.165) is 25.3 Å². The van der Waals surface area contributed by atoms with Crippen molar-refractivity contribution in [2.75, 3.05) is 18.0 Å². The van der Waals surface area contributed by atoms with E-state index in [1.807, 2.05) is 24.3 Å². The van der Waals surface area contributed by atoms with Gasteiger partial charge in [-0.1, -0.05) is 30.3 Å². The number of ether oxygens (including phenoxy) is 1. The summed E-state index contributed by atoms with van der Waals surface area (Å²) in [6, 6.07) is 15.4. The molecule has 22 heavy (non-hydrogen) atoms. The van der Waals surface area contributed by atoms with E-state index in [0.29, 0.717) is 24.6 Å². The molecule has 1 aromatic carbocycles. The molecule has 0 amide bonds. The Bertz CT molecular complexity index is 659. The van der Waals surface area contributed by atoms with Crippen molar-refractivity contribution in [1.82, 2.24) is 10.3 Å². The molecular formula is C18H21N3O. The Morgan fingerprint density at radius 1 is 1.18 bits per heavy atom. The van der Waals surface area contributed by atoms with E-state index in [-0.39, 0.29) is 0 Å². The maximum atomic E-state index is 5.88. The second-order valence-corrected chi connectivity index (χ2v) is 6.18. The number of anilines is 1. The normalized spacial score (nSPS) is 23.0. The predicted molar refractivity (Wildman–Crippen MR) is 87.3 cm³/mol. The second-order valence-electron chi connectivity index (χ2n) is 6.18. The third kappa shape index (κ3) is 2.44. The summed E-state index contributed by atoms with van der Waals surface area (Å²) >= 11 is 0. The van der Waals surface area contributed by atoms with Crippen LogP contribution >= 0.6 is 0 Å². The smallest absolute Gasteiger partial charge is 0.215 e. The van der Waals surface area contributed by atoms with Crippen LogP contribution in [0, 0.1) is 0 Å². The van der Waals surface area contributed by atoms with E-state index >= 15 is 0 Å². The van der Waals surface area contributed by atoms with Gasteiger partial charge in [0, 0.05) is 31.2 Å². The van der Waals surface area contributed by atoms with Crippen molar-refractivity contribution in [3.63, 3.8) is 0 Å². The first kappa shape index (κ1) is 13.6. The van der Waals surface area contributed by atoms with Crippen LogP contribution < -0.4 is 15.0 Å². The monoisotopic (exact) mass is 295 g/mol. The van der Waals surface area contributed by atoms with E-state index in [2.05, 4.69) is 35.3 Å². The Morgan fingerprint density at radius 2 is 2.05 bits per heavy atom. The largest absolute Gasteiger partial charge is 0.473 e. The molecule has 2 aliphatic heterocycles. The van der Waals surface area contributed by atoms with Crippen molar-refractivity contribution >= 4 is 5.82 Å². The molecule has 1 fully saturated rings. The number of nitrogens with one attached hydrogen (secondary N) is 1. The lowest BCUT2D eigenvalue weighted by atomic mass is 10.1. The average Bonchev–Trinajstić information content (AvgIpc) is 2.93. The summed E-state index contributed by atoms with van der Waals surface area (Å²) in [6.07, 6.45) is 1.08. The molecule has 114 valence electrons. The van der Waals surface area contributed by atoms with Crippen molar-refractivity contribution in [3.05, 3.63) is 53.6 Å². The number of pyridine rings is 1. The Kier molecular flexibility index (Phi) is 3.47. The Hall–Kier alpha value is -2.07. The molecule has 3 heterocycles. The zero-order chi connectivity index (χ0) is 14.9. The van der Waals surface area contributed by atoms with Crippen molar-refractivity contribution in [2.45, 2.75) is 32.0 Å². The maximum Gasteiger partial charge on any atom is 0.215 e. The van der Waals surface area contributed by atoms with E-state index in [9.17, 15) is 0 Å². The van der Waals surface area contributed by atoms with Crippen LogP contribution in [-0.2, 0) is 13.0 Å². The van der Waals surface area contributed by atoms with Crippen LogP contribution in [0.2, 0.25) is 0 Å². The third-order valence-electron chi connectivity index (χ3n) is 4.55. The van der Waals surface area contributed by atoms with Gasteiger partial charge in [0.1, 0.15) is 12.4 Å². The maximum absolute atomic E-state index is 5.88. The molecule has 0 unspecified atom stereocenters. The molecule has 2 aliphatic rings. The summed E-state index contributed by atoms with van der Waals surface area (Å²) in [5, 5.41) is 3.50. The molecule has 2 aromatic rings. The van der Waals surface area contributed by atoms with Gasteiger partial charge in [-0.05, 0) is 30.5 Å². The zero-order valence-electron chi connectivity index (χ0n) is 12.8. The number of benzene rings is 1. The fraction of sp³-hybridized carbons (Fsp3) is 0.389. The highest BCUT2D eigenvalue weighted by Gasteiger charge is 2.36. The Labute approximate surface area is 131 Å². The van der Waals surface area contributed by atoms with Gasteiger partial charge in [0.25, 0.3) is 0 Å². The van der Waals surface area contributed by atoms with Crippen LogP contribution in [0.4, 0.5) is 5.82 Å². The number of hydrogen-bond donors (Lipinski definition) is 1. The third-order valence-corrected chi connectivity index (χ3v) is 4.55. The standard InChI is InChI=1S/C18H21N3O/c1-13-10-19-11-16-9-15-7-8-17(20-18(15)21(13)16)22-12-14-5-3-2-4-6-14/h2-8,13,16,19H,9-12H2,1H3/t13-,16-/m1/s1. The summed E-state index contributed by atoms with van der Waals surface area (Å²) in [5.41, 5.74) is 2.51. The first-order valence-electron chi connectivity index (χ1n) is 7.97. The van der Waals surface area contributed by atoms with Crippen molar-refractivity contribution in [2.24, 2.45) is 0 Å². The summed E-state index contributed by atoms with van der Waals surface area (Å²) in [6.45, 7) is 4.88. The molecule has 4 nitrogen and oxygen atoms in total. The lowest BCUT2D eigenvalue weighted by molar-refractivity contribution is 0.293. The lowest BCUT2D eigenvalue weighted by Gasteiger charge is -2.37. The molecule has 2 atom stereocenters. The topological polar surface area (TPSA) is 37.4 Å². The number of piperazine rings is 1. The van der Waals surface area contributed by atoms with Crippen LogP contribution in [0.15, 0.2) is 42.5 Å². The SMILES string of the molecule is C[C@@H]1CNC[C@H]2Cc3ccc(OCc4ccccc4)nc3N21. The van der Waals surface area contributed by atoms with Crippen LogP contribution in [0.25, 0.3) is 0 Å². The van der Waals surface area contributed by atoms with Crippen molar-refractivity contribution < 1.29 is 4.74 Å². The van der Waals surface area contributed by atoms with Crippen molar-refractivity contribution in [3.8, 4) is 5.88 Å². The van der Waals surface area contributed by atoms with Crippen LogP contribution in [0.1, 0.15) is 18.1 Å². The van der Waals surface area contributed by atoms with Crippen LogP contribution in [0.3, 0.4) is 0 Å². The van der Waals surface area contributed by atoms with E-state index < -0.39 is 0 Å². The van der Waals surface area contributed by atoms with Gasteiger partial charge >= 0.3 is 0 Å². The van der Waals surface area contributed by atoms with E-state index in [1.54, 1.807) is 0 Å². The highest BCUT2D eigenvalue weighted by molar-refractivity contribution is 5.56. The second kappa shape index (κ2) is 5.61. The minimum atomic E-state index is 0.483. The number of aromatic nitrogens is 1. The van der Waals surface area contributed by atoms with E-state index in [1.165, 1.54) is 11.1 Å². The summed E-state index contributed by atoms with van der Waals surface area (Å²) < 4.78 is 5.88. The highest BCUT2D eigenvalue weighted by atomic mass is 16.5. The molecule has 1 N–H and O–H groups in total. The molecule has 1 saturated heterocycles. The van der Waals surface area contributed by atoms with E-state index in [4.69, 9.17) is 9.72 Å². The number of hydrogen-bond acceptors (Lipinski definition) is 4. The molecule has 4 rings (SSSR count). The first-order chi connectivity index (χ1) is 10.8. The molecule has 0 spiro atoms. The summed E-state index contributed by atoms with van der Waals surface area (Å²) in [4.78, 5) is 7.24. The zero-order valence-corrected chi connectivity index (χ0v) is 12.8. The Morgan fingerprint density at radius 3 is 2.91 bits per heavy atom.